The van der Waals surface area contributed by atoms with Gasteiger partial charge in [-0.15, -0.1) is 0 Å². The van der Waals surface area contributed by atoms with Crippen LogP contribution in [0.4, 0.5) is 0 Å². The summed E-state index contributed by atoms with van der Waals surface area (Å²) < 4.78 is 21.4. The number of benzene rings is 2. The minimum atomic E-state index is 0.467. The van der Waals surface area contributed by atoms with Gasteiger partial charge >= 0.3 is 0 Å². The van der Waals surface area contributed by atoms with Gasteiger partial charge in [0, 0.05) is 13.1 Å². The molecule has 0 aliphatic heterocycles. The van der Waals surface area contributed by atoms with Crippen LogP contribution in [0.25, 0.3) is 0 Å². The van der Waals surface area contributed by atoms with Crippen LogP contribution in [0, 0.1) is 0 Å². The second-order valence-electron chi connectivity index (χ2n) is 5.93. The molecule has 2 N–H and O–H groups in total. The molecule has 0 aliphatic rings. The fourth-order valence-electron chi connectivity index (χ4n) is 2.67. The van der Waals surface area contributed by atoms with Gasteiger partial charge in [-0.2, -0.15) is 0 Å². The van der Waals surface area contributed by atoms with Crippen molar-refractivity contribution in [2.75, 3.05) is 35.0 Å². The van der Waals surface area contributed by atoms with Gasteiger partial charge < -0.3 is 29.6 Å². The summed E-state index contributed by atoms with van der Waals surface area (Å²) in [6, 6.07) is 11.7. The molecule has 0 atom stereocenters. The number of hydrogen-bond donors (Lipinski definition) is 2. The molecule has 0 bridgehead atoms. The van der Waals surface area contributed by atoms with Crippen molar-refractivity contribution in [3.63, 3.8) is 0 Å². The molecule has 2 rings (SSSR count). The number of nitrogens with one attached hydrogen (secondary N) is 2. The third-order valence-corrected chi connectivity index (χ3v) is 4.11. The Bertz CT molecular complexity index is 751. The van der Waals surface area contributed by atoms with Crippen molar-refractivity contribution in [3.05, 3.63) is 47.5 Å². The van der Waals surface area contributed by atoms with Crippen LogP contribution in [-0.2, 0) is 13.1 Å². The predicted octanol–water partition coefficient (Wildman–Crippen LogP) is 2.98. The maximum atomic E-state index is 5.40. The summed E-state index contributed by atoms with van der Waals surface area (Å²) in [5, 5.41) is 6.59. The van der Waals surface area contributed by atoms with Crippen molar-refractivity contribution in [1.29, 1.82) is 0 Å². The zero-order valence-corrected chi connectivity index (χ0v) is 17.2. The molecule has 0 aliphatic carbocycles. The molecule has 152 valence electrons. The SMILES string of the molecule is CCNC(=NCc1cc(OC)c(OC)c(OC)c1)NCc1ccc(OC)cc1. The van der Waals surface area contributed by atoms with Gasteiger partial charge in [0.25, 0.3) is 0 Å². The molecule has 0 aromatic heterocycles. The lowest BCUT2D eigenvalue weighted by Crippen LogP contribution is -2.36. The topological polar surface area (TPSA) is 73.3 Å². The van der Waals surface area contributed by atoms with Crippen LogP contribution >= 0.6 is 0 Å². The van der Waals surface area contributed by atoms with E-state index in [2.05, 4.69) is 15.6 Å². The number of aliphatic imine (C=N–C) groups is 1. The summed E-state index contributed by atoms with van der Waals surface area (Å²) in [5.41, 5.74) is 2.09. The Kier molecular flexibility index (Phi) is 8.27. The smallest absolute Gasteiger partial charge is 0.203 e. The minimum Gasteiger partial charge on any atom is -0.497 e. The number of hydrogen-bond acceptors (Lipinski definition) is 5. The maximum Gasteiger partial charge on any atom is 0.203 e. The number of nitrogens with zero attached hydrogens (tertiary/aromatic N) is 1. The van der Waals surface area contributed by atoms with Crippen molar-refractivity contribution in [2.24, 2.45) is 4.99 Å². The zero-order valence-electron chi connectivity index (χ0n) is 17.2. The van der Waals surface area contributed by atoms with Gasteiger partial charge in [0.2, 0.25) is 5.75 Å². The van der Waals surface area contributed by atoms with E-state index in [9.17, 15) is 0 Å². The highest BCUT2D eigenvalue weighted by atomic mass is 16.5. The maximum absolute atomic E-state index is 5.40. The van der Waals surface area contributed by atoms with Crippen molar-refractivity contribution < 1.29 is 18.9 Å². The van der Waals surface area contributed by atoms with Crippen LogP contribution in [0.2, 0.25) is 0 Å². The van der Waals surface area contributed by atoms with Gasteiger partial charge in [-0.3, -0.25) is 0 Å². The largest absolute Gasteiger partial charge is 0.497 e. The van der Waals surface area contributed by atoms with E-state index in [0.29, 0.717) is 30.3 Å². The Balaban J connectivity index is 2.10. The molecule has 0 radical (unpaired) electrons. The van der Waals surface area contributed by atoms with Crippen molar-refractivity contribution in [2.45, 2.75) is 20.0 Å². The van der Waals surface area contributed by atoms with E-state index in [4.69, 9.17) is 18.9 Å². The molecule has 0 saturated heterocycles. The highest BCUT2D eigenvalue weighted by molar-refractivity contribution is 5.79. The molecule has 0 unspecified atom stereocenters. The molecule has 0 heterocycles. The van der Waals surface area contributed by atoms with E-state index in [1.807, 2.05) is 43.3 Å². The van der Waals surface area contributed by atoms with E-state index in [0.717, 1.165) is 29.4 Å². The Morgan fingerprint density at radius 1 is 0.821 bits per heavy atom. The Labute approximate surface area is 166 Å². The lowest BCUT2D eigenvalue weighted by molar-refractivity contribution is 0.324. The number of rotatable bonds is 9. The average molecular weight is 387 g/mol. The second kappa shape index (κ2) is 10.9. The van der Waals surface area contributed by atoms with Gasteiger partial charge in [-0.05, 0) is 42.3 Å². The minimum absolute atomic E-state index is 0.467. The monoisotopic (exact) mass is 387 g/mol. The first-order chi connectivity index (χ1) is 13.6. The molecule has 2 aromatic rings. The van der Waals surface area contributed by atoms with E-state index in [-0.39, 0.29) is 0 Å². The zero-order chi connectivity index (χ0) is 20.4. The Morgan fingerprint density at radius 2 is 1.46 bits per heavy atom. The first-order valence-electron chi connectivity index (χ1n) is 9.09. The fraction of sp³-hybridized carbons (Fsp3) is 0.381. The first kappa shape index (κ1) is 21.2. The second-order valence-corrected chi connectivity index (χ2v) is 5.93. The number of methoxy groups -OCH3 is 4. The third-order valence-electron chi connectivity index (χ3n) is 4.11. The molecule has 0 amide bonds. The number of guanidine groups is 1. The van der Waals surface area contributed by atoms with Crippen LogP contribution < -0.4 is 29.6 Å². The molecule has 7 nitrogen and oxygen atoms in total. The summed E-state index contributed by atoms with van der Waals surface area (Å²) in [6.07, 6.45) is 0. The lowest BCUT2D eigenvalue weighted by atomic mass is 10.2. The summed E-state index contributed by atoms with van der Waals surface area (Å²) in [6.45, 7) is 3.92. The molecule has 0 spiro atoms. The van der Waals surface area contributed by atoms with Crippen LogP contribution in [0.5, 0.6) is 23.0 Å². The van der Waals surface area contributed by atoms with Gasteiger partial charge in [0.1, 0.15) is 5.75 Å². The van der Waals surface area contributed by atoms with Crippen molar-refractivity contribution in [3.8, 4) is 23.0 Å². The standard InChI is InChI=1S/C21H29N3O4/c1-6-22-21(23-13-15-7-9-17(25-2)10-8-15)24-14-16-11-18(26-3)20(28-5)19(12-16)27-4/h7-12H,6,13-14H2,1-5H3,(H2,22,23,24). The van der Waals surface area contributed by atoms with Gasteiger partial charge in [-0.1, -0.05) is 12.1 Å². The number of ether oxygens (including phenoxy) is 4. The quantitative estimate of drug-likeness (QED) is 0.509. The Hall–Kier alpha value is -3.09. The fourth-order valence-corrected chi connectivity index (χ4v) is 2.67. The van der Waals surface area contributed by atoms with Crippen molar-refractivity contribution in [1.82, 2.24) is 10.6 Å². The molecular weight excluding hydrogens is 358 g/mol. The summed E-state index contributed by atoms with van der Waals surface area (Å²) in [7, 11) is 6.45. The highest BCUT2D eigenvalue weighted by Gasteiger charge is 2.13. The third kappa shape index (κ3) is 5.70. The summed E-state index contributed by atoms with van der Waals surface area (Å²) in [5.74, 6) is 3.37. The van der Waals surface area contributed by atoms with Gasteiger partial charge in [0.05, 0.1) is 35.0 Å². The van der Waals surface area contributed by atoms with Crippen LogP contribution in [-0.4, -0.2) is 40.9 Å². The molecule has 28 heavy (non-hydrogen) atoms. The highest BCUT2D eigenvalue weighted by Crippen LogP contribution is 2.38. The predicted molar refractivity (Wildman–Crippen MR) is 111 cm³/mol. The molecule has 7 heteroatoms. The summed E-state index contributed by atoms with van der Waals surface area (Å²) in [4.78, 5) is 4.66. The van der Waals surface area contributed by atoms with E-state index >= 15 is 0 Å². The Morgan fingerprint density at radius 3 is 1.96 bits per heavy atom. The average Bonchev–Trinajstić information content (AvgIpc) is 2.75. The van der Waals surface area contributed by atoms with Crippen LogP contribution in [0.15, 0.2) is 41.4 Å². The first-order valence-corrected chi connectivity index (χ1v) is 9.09. The molecule has 0 fully saturated rings. The lowest BCUT2D eigenvalue weighted by Gasteiger charge is -2.14. The van der Waals surface area contributed by atoms with Gasteiger partial charge in [-0.25, -0.2) is 4.99 Å². The van der Waals surface area contributed by atoms with Crippen LogP contribution in [0.1, 0.15) is 18.1 Å². The summed E-state index contributed by atoms with van der Waals surface area (Å²) >= 11 is 0. The molecule has 2 aromatic carbocycles. The van der Waals surface area contributed by atoms with Crippen LogP contribution in [0.3, 0.4) is 0 Å². The normalized spacial score (nSPS) is 11.0. The van der Waals surface area contributed by atoms with E-state index in [1.54, 1.807) is 28.4 Å². The molecular formula is C21H29N3O4. The van der Waals surface area contributed by atoms with E-state index in [1.165, 1.54) is 0 Å². The molecule has 0 saturated carbocycles. The van der Waals surface area contributed by atoms with Crippen molar-refractivity contribution >= 4 is 5.96 Å². The van der Waals surface area contributed by atoms with Gasteiger partial charge in [0.15, 0.2) is 17.5 Å². The van der Waals surface area contributed by atoms with E-state index < -0.39 is 0 Å².